The molecule has 1 saturated carbocycles. The lowest BCUT2D eigenvalue weighted by molar-refractivity contribution is -0.132. The third kappa shape index (κ3) is 3.13. The summed E-state index contributed by atoms with van der Waals surface area (Å²) in [6, 6.07) is 12.8. The Hall–Kier alpha value is -1.81. The number of amides is 1. The number of benzene rings is 1. The van der Waals surface area contributed by atoms with E-state index in [4.69, 9.17) is 0 Å². The van der Waals surface area contributed by atoms with Gasteiger partial charge >= 0.3 is 0 Å². The SMILES string of the molecule is O=C([C@@H]1SCCc2ccccc21)N(Cc1cccnc1)C1CC1. The highest BCUT2D eigenvalue weighted by molar-refractivity contribution is 8.00. The van der Waals surface area contributed by atoms with Crippen LogP contribution in [0.3, 0.4) is 0 Å². The van der Waals surface area contributed by atoms with Crippen molar-refractivity contribution in [3.63, 3.8) is 0 Å². The molecule has 4 heteroatoms. The van der Waals surface area contributed by atoms with Gasteiger partial charge in [0.05, 0.1) is 0 Å². The largest absolute Gasteiger partial charge is 0.334 e. The highest BCUT2D eigenvalue weighted by Gasteiger charge is 2.38. The fourth-order valence-corrected chi connectivity index (χ4v) is 4.47. The molecule has 1 aliphatic carbocycles. The van der Waals surface area contributed by atoms with E-state index in [9.17, 15) is 4.79 Å². The summed E-state index contributed by atoms with van der Waals surface area (Å²) in [6.45, 7) is 0.677. The maximum Gasteiger partial charge on any atom is 0.240 e. The van der Waals surface area contributed by atoms with E-state index in [1.807, 2.05) is 18.3 Å². The van der Waals surface area contributed by atoms with Gasteiger partial charge in [-0.2, -0.15) is 0 Å². The van der Waals surface area contributed by atoms with Crippen molar-refractivity contribution in [2.75, 3.05) is 5.75 Å². The summed E-state index contributed by atoms with van der Waals surface area (Å²) >= 11 is 1.79. The molecule has 2 heterocycles. The Kier molecular flexibility index (Phi) is 4.08. The fourth-order valence-electron chi connectivity index (χ4n) is 3.21. The molecule has 1 aliphatic heterocycles. The predicted octanol–water partition coefficient (Wildman–Crippen LogP) is 3.60. The van der Waals surface area contributed by atoms with E-state index in [-0.39, 0.29) is 11.2 Å². The molecule has 0 radical (unpaired) electrons. The Morgan fingerprint density at radius 2 is 2.09 bits per heavy atom. The van der Waals surface area contributed by atoms with E-state index in [1.54, 1.807) is 18.0 Å². The molecule has 118 valence electrons. The van der Waals surface area contributed by atoms with Crippen LogP contribution in [-0.2, 0) is 17.8 Å². The number of aromatic nitrogens is 1. The van der Waals surface area contributed by atoms with Gasteiger partial charge in [-0.3, -0.25) is 9.78 Å². The Bertz CT molecular complexity index is 700. The van der Waals surface area contributed by atoms with Crippen molar-refractivity contribution in [1.29, 1.82) is 0 Å². The van der Waals surface area contributed by atoms with Crippen LogP contribution in [0.4, 0.5) is 0 Å². The van der Waals surface area contributed by atoms with Gasteiger partial charge in [0, 0.05) is 25.0 Å². The maximum absolute atomic E-state index is 13.2. The normalized spacial score (nSPS) is 19.9. The van der Waals surface area contributed by atoms with E-state index in [0.29, 0.717) is 12.6 Å². The van der Waals surface area contributed by atoms with Crippen molar-refractivity contribution in [3.05, 3.63) is 65.5 Å². The van der Waals surface area contributed by atoms with Gasteiger partial charge in [0.1, 0.15) is 5.25 Å². The monoisotopic (exact) mass is 324 g/mol. The van der Waals surface area contributed by atoms with E-state index in [0.717, 1.165) is 30.6 Å². The van der Waals surface area contributed by atoms with Gasteiger partial charge in [0.15, 0.2) is 0 Å². The summed E-state index contributed by atoms with van der Waals surface area (Å²) in [5.74, 6) is 1.30. The number of aryl methyl sites for hydroxylation is 1. The molecule has 1 aromatic carbocycles. The molecule has 0 N–H and O–H groups in total. The van der Waals surface area contributed by atoms with Gasteiger partial charge in [-0.15, -0.1) is 11.8 Å². The number of rotatable bonds is 4. The third-order valence-corrected chi connectivity index (χ3v) is 5.79. The summed E-state index contributed by atoms with van der Waals surface area (Å²) in [7, 11) is 0. The highest BCUT2D eigenvalue weighted by Crippen LogP contribution is 2.40. The molecule has 0 saturated heterocycles. The smallest absolute Gasteiger partial charge is 0.240 e. The standard InChI is InChI=1S/C19H20N2OS/c22-19(18-17-6-2-1-5-15(17)9-11-23-18)21(16-7-8-16)13-14-4-3-10-20-12-14/h1-6,10,12,16,18H,7-9,11,13H2/t18-/m1/s1. The van der Waals surface area contributed by atoms with Crippen LogP contribution in [0, 0.1) is 0 Å². The molecule has 1 atom stereocenters. The lowest BCUT2D eigenvalue weighted by Crippen LogP contribution is -2.36. The fraction of sp³-hybridized carbons (Fsp3) is 0.368. The van der Waals surface area contributed by atoms with E-state index >= 15 is 0 Å². The number of thioether (sulfide) groups is 1. The summed E-state index contributed by atoms with van der Waals surface area (Å²) in [5, 5.41) is -0.0442. The Morgan fingerprint density at radius 3 is 2.87 bits per heavy atom. The minimum atomic E-state index is -0.0442. The van der Waals surface area contributed by atoms with Crippen LogP contribution >= 0.6 is 11.8 Å². The lowest BCUT2D eigenvalue weighted by Gasteiger charge is -2.30. The van der Waals surface area contributed by atoms with Gasteiger partial charge in [0.2, 0.25) is 5.91 Å². The van der Waals surface area contributed by atoms with E-state index in [1.165, 1.54) is 11.1 Å². The van der Waals surface area contributed by atoms with Crippen molar-refractivity contribution < 1.29 is 4.79 Å². The van der Waals surface area contributed by atoms with Gasteiger partial charge in [0.25, 0.3) is 0 Å². The first-order chi connectivity index (χ1) is 11.3. The maximum atomic E-state index is 13.2. The zero-order chi connectivity index (χ0) is 15.6. The molecule has 1 fully saturated rings. The van der Waals surface area contributed by atoms with Crippen LogP contribution < -0.4 is 0 Å². The Balaban J connectivity index is 1.59. The second-order valence-corrected chi connectivity index (χ2v) is 7.47. The summed E-state index contributed by atoms with van der Waals surface area (Å²) < 4.78 is 0. The molecule has 23 heavy (non-hydrogen) atoms. The van der Waals surface area contributed by atoms with Crippen molar-refractivity contribution >= 4 is 17.7 Å². The number of fused-ring (bicyclic) bond motifs is 1. The lowest BCUT2D eigenvalue weighted by atomic mass is 10.0. The number of hydrogen-bond acceptors (Lipinski definition) is 3. The van der Waals surface area contributed by atoms with Crippen LogP contribution in [0.2, 0.25) is 0 Å². The number of pyridine rings is 1. The average molecular weight is 324 g/mol. The highest BCUT2D eigenvalue weighted by atomic mass is 32.2. The van der Waals surface area contributed by atoms with Gasteiger partial charge in [-0.1, -0.05) is 30.3 Å². The first kappa shape index (κ1) is 14.8. The van der Waals surface area contributed by atoms with Crippen LogP contribution in [0.1, 0.15) is 34.8 Å². The van der Waals surface area contributed by atoms with Crippen molar-refractivity contribution in [3.8, 4) is 0 Å². The van der Waals surface area contributed by atoms with Crippen molar-refractivity contribution in [2.45, 2.75) is 37.1 Å². The summed E-state index contributed by atoms with van der Waals surface area (Å²) in [4.78, 5) is 19.5. The average Bonchev–Trinajstić information content (AvgIpc) is 3.44. The molecule has 0 unspecified atom stereocenters. The molecule has 3 nitrogen and oxygen atoms in total. The zero-order valence-electron chi connectivity index (χ0n) is 13.0. The summed E-state index contributed by atoms with van der Waals surface area (Å²) in [6.07, 6.45) is 6.97. The first-order valence-corrected chi connectivity index (χ1v) is 9.26. The van der Waals surface area contributed by atoms with E-state index < -0.39 is 0 Å². The number of carbonyl (C=O) groups is 1. The topological polar surface area (TPSA) is 33.2 Å². The molecular formula is C19H20N2OS. The third-order valence-electron chi connectivity index (χ3n) is 4.56. The molecule has 2 aliphatic rings. The Morgan fingerprint density at radius 1 is 1.22 bits per heavy atom. The summed E-state index contributed by atoms with van der Waals surface area (Å²) in [5.41, 5.74) is 3.66. The number of hydrogen-bond donors (Lipinski definition) is 0. The van der Waals surface area contributed by atoms with Crippen LogP contribution in [0.5, 0.6) is 0 Å². The van der Waals surface area contributed by atoms with Crippen LogP contribution in [0.25, 0.3) is 0 Å². The van der Waals surface area contributed by atoms with Gasteiger partial charge in [-0.05, 0) is 47.8 Å². The van der Waals surface area contributed by atoms with E-state index in [2.05, 4.69) is 34.1 Å². The minimum Gasteiger partial charge on any atom is -0.334 e. The van der Waals surface area contributed by atoms with Gasteiger partial charge < -0.3 is 4.90 Å². The minimum absolute atomic E-state index is 0.0442. The zero-order valence-corrected chi connectivity index (χ0v) is 13.8. The van der Waals surface area contributed by atoms with Crippen molar-refractivity contribution in [1.82, 2.24) is 9.88 Å². The molecule has 4 rings (SSSR count). The quantitative estimate of drug-likeness (QED) is 0.861. The first-order valence-electron chi connectivity index (χ1n) is 8.22. The molecule has 1 aromatic heterocycles. The molecule has 0 bridgehead atoms. The predicted molar refractivity (Wildman–Crippen MR) is 93.2 cm³/mol. The molecule has 1 amide bonds. The molecular weight excluding hydrogens is 304 g/mol. The van der Waals surface area contributed by atoms with Crippen LogP contribution in [0.15, 0.2) is 48.8 Å². The number of carbonyl (C=O) groups excluding carboxylic acids is 1. The van der Waals surface area contributed by atoms with Crippen LogP contribution in [-0.4, -0.2) is 27.6 Å². The second-order valence-electron chi connectivity index (χ2n) is 6.26. The van der Waals surface area contributed by atoms with Crippen molar-refractivity contribution in [2.24, 2.45) is 0 Å². The number of nitrogens with zero attached hydrogens (tertiary/aromatic N) is 2. The molecule has 2 aromatic rings. The Labute approximate surface area is 141 Å². The van der Waals surface area contributed by atoms with Gasteiger partial charge in [-0.25, -0.2) is 0 Å². The second kappa shape index (κ2) is 6.36. The molecule has 0 spiro atoms.